The smallest absolute Gasteiger partial charge is 0.195 e. The SMILES string of the molecule is CC(C)Cn1c(-c2c(F)cc(F)cc2F)n[nH]c1=S. The molecule has 0 bridgehead atoms. The number of hydrogen-bond donors (Lipinski definition) is 1. The minimum atomic E-state index is -1.00. The number of aromatic nitrogens is 3. The van der Waals surface area contributed by atoms with E-state index in [-0.39, 0.29) is 22.1 Å². The molecular formula is C12H12F3N3S. The first-order valence-corrected chi connectivity index (χ1v) is 6.11. The first kappa shape index (κ1) is 13.8. The van der Waals surface area contributed by atoms with E-state index in [0.717, 1.165) is 0 Å². The van der Waals surface area contributed by atoms with Crippen LogP contribution in [0, 0.1) is 28.1 Å². The van der Waals surface area contributed by atoms with Crippen LogP contribution in [-0.4, -0.2) is 14.8 Å². The number of rotatable bonds is 3. The summed E-state index contributed by atoms with van der Waals surface area (Å²) in [6, 6.07) is 1.24. The van der Waals surface area contributed by atoms with E-state index in [1.54, 1.807) is 0 Å². The summed E-state index contributed by atoms with van der Waals surface area (Å²) in [4.78, 5) is 0. The van der Waals surface area contributed by atoms with Crippen LogP contribution in [-0.2, 0) is 6.54 Å². The summed E-state index contributed by atoms with van der Waals surface area (Å²) in [6.07, 6.45) is 0. The highest BCUT2D eigenvalue weighted by Crippen LogP contribution is 2.26. The Kier molecular flexibility index (Phi) is 3.75. The Bertz CT molecular complexity index is 637. The van der Waals surface area contributed by atoms with E-state index in [9.17, 15) is 13.2 Å². The van der Waals surface area contributed by atoms with E-state index in [0.29, 0.717) is 18.7 Å². The van der Waals surface area contributed by atoms with Gasteiger partial charge in [0.1, 0.15) is 17.5 Å². The van der Waals surface area contributed by atoms with Crippen LogP contribution in [0.25, 0.3) is 11.4 Å². The second kappa shape index (κ2) is 5.16. The average molecular weight is 287 g/mol. The topological polar surface area (TPSA) is 33.6 Å². The molecule has 0 amide bonds. The molecular weight excluding hydrogens is 275 g/mol. The third-order valence-electron chi connectivity index (χ3n) is 2.54. The summed E-state index contributed by atoms with van der Waals surface area (Å²) in [5, 5.41) is 6.33. The summed E-state index contributed by atoms with van der Waals surface area (Å²) >= 11 is 5.03. The average Bonchev–Trinajstić information content (AvgIpc) is 2.59. The highest BCUT2D eigenvalue weighted by Gasteiger charge is 2.19. The molecule has 1 aromatic heterocycles. The van der Waals surface area contributed by atoms with Gasteiger partial charge in [0.15, 0.2) is 10.6 Å². The van der Waals surface area contributed by atoms with Crippen LogP contribution >= 0.6 is 12.2 Å². The van der Waals surface area contributed by atoms with Gasteiger partial charge in [0.25, 0.3) is 0 Å². The zero-order valence-electron chi connectivity index (χ0n) is 10.4. The number of nitrogens with zero attached hydrogens (tertiary/aromatic N) is 2. The summed E-state index contributed by atoms with van der Waals surface area (Å²) in [6.45, 7) is 4.34. The molecule has 0 saturated carbocycles. The van der Waals surface area contributed by atoms with E-state index in [2.05, 4.69) is 10.2 Å². The number of nitrogens with one attached hydrogen (secondary N) is 1. The molecule has 0 spiro atoms. The fourth-order valence-electron chi connectivity index (χ4n) is 1.80. The van der Waals surface area contributed by atoms with Gasteiger partial charge in [-0.05, 0) is 18.1 Å². The molecule has 2 rings (SSSR count). The van der Waals surface area contributed by atoms with Gasteiger partial charge in [-0.3, -0.25) is 9.67 Å². The van der Waals surface area contributed by atoms with Crippen molar-refractivity contribution in [2.24, 2.45) is 5.92 Å². The fourth-order valence-corrected chi connectivity index (χ4v) is 2.01. The van der Waals surface area contributed by atoms with E-state index in [1.165, 1.54) is 4.57 Å². The second-order valence-corrected chi connectivity index (χ2v) is 4.99. The van der Waals surface area contributed by atoms with Crippen molar-refractivity contribution in [3.63, 3.8) is 0 Å². The largest absolute Gasteiger partial charge is 0.300 e. The Hall–Kier alpha value is -1.63. The maximum atomic E-state index is 13.7. The molecule has 0 fully saturated rings. The van der Waals surface area contributed by atoms with Crippen molar-refractivity contribution < 1.29 is 13.2 Å². The highest BCUT2D eigenvalue weighted by atomic mass is 32.1. The molecule has 7 heteroatoms. The molecule has 102 valence electrons. The van der Waals surface area contributed by atoms with Gasteiger partial charge in [-0.15, -0.1) is 0 Å². The van der Waals surface area contributed by atoms with Gasteiger partial charge in [0, 0.05) is 18.7 Å². The third kappa shape index (κ3) is 2.70. The minimum Gasteiger partial charge on any atom is -0.300 e. The zero-order valence-corrected chi connectivity index (χ0v) is 11.2. The summed E-state index contributed by atoms with van der Waals surface area (Å²) < 4.78 is 42.2. The van der Waals surface area contributed by atoms with Crippen LogP contribution in [0.4, 0.5) is 13.2 Å². The highest BCUT2D eigenvalue weighted by molar-refractivity contribution is 7.71. The fraction of sp³-hybridized carbons (Fsp3) is 0.333. The molecule has 0 saturated heterocycles. The quantitative estimate of drug-likeness (QED) is 0.874. The van der Waals surface area contributed by atoms with Crippen LogP contribution < -0.4 is 0 Å². The molecule has 1 N–H and O–H groups in total. The van der Waals surface area contributed by atoms with Crippen molar-refractivity contribution in [3.05, 3.63) is 34.4 Å². The molecule has 1 aromatic carbocycles. The Morgan fingerprint density at radius 1 is 1.26 bits per heavy atom. The molecule has 0 aliphatic carbocycles. The Balaban J connectivity index is 2.63. The standard InChI is InChI=1S/C12H12F3N3S/c1-6(2)5-18-11(16-17-12(18)19)10-8(14)3-7(13)4-9(10)15/h3-4,6H,5H2,1-2H3,(H,17,19). The zero-order chi connectivity index (χ0) is 14.2. The number of hydrogen-bond acceptors (Lipinski definition) is 2. The number of H-pyrrole nitrogens is 1. The van der Waals surface area contributed by atoms with Crippen LogP contribution in [0.15, 0.2) is 12.1 Å². The third-order valence-corrected chi connectivity index (χ3v) is 2.85. The van der Waals surface area contributed by atoms with Gasteiger partial charge in [-0.25, -0.2) is 13.2 Å². The Morgan fingerprint density at radius 2 is 1.84 bits per heavy atom. The maximum absolute atomic E-state index is 13.7. The molecule has 2 aromatic rings. The van der Waals surface area contributed by atoms with Crippen LogP contribution in [0.2, 0.25) is 0 Å². The van der Waals surface area contributed by atoms with Gasteiger partial charge in [0.05, 0.1) is 5.56 Å². The maximum Gasteiger partial charge on any atom is 0.195 e. The van der Waals surface area contributed by atoms with Gasteiger partial charge in [-0.1, -0.05) is 13.8 Å². The number of aromatic amines is 1. The number of halogens is 3. The van der Waals surface area contributed by atoms with Gasteiger partial charge in [0.2, 0.25) is 0 Å². The van der Waals surface area contributed by atoms with Crippen molar-refractivity contribution in [1.82, 2.24) is 14.8 Å². The van der Waals surface area contributed by atoms with Crippen LogP contribution in [0.1, 0.15) is 13.8 Å². The first-order chi connectivity index (χ1) is 8.90. The molecule has 0 aliphatic rings. The van der Waals surface area contributed by atoms with Crippen molar-refractivity contribution in [2.45, 2.75) is 20.4 Å². The molecule has 1 heterocycles. The summed E-state index contributed by atoms with van der Waals surface area (Å²) in [7, 11) is 0. The van der Waals surface area contributed by atoms with Crippen molar-refractivity contribution in [2.75, 3.05) is 0 Å². The first-order valence-electron chi connectivity index (χ1n) is 5.70. The normalized spacial score (nSPS) is 11.3. The number of benzene rings is 1. The lowest BCUT2D eigenvalue weighted by atomic mass is 10.1. The van der Waals surface area contributed by atoms with Crippen molar-refractivity contribution in [3.8, 4) is 11.4 Å². The second-order valence-electron chi connectivity index (χ2n) is 4.60. The Morgan fingerprint density at radius 3 is 2.37 bits per heavy atom. The molecule has 19 heavy (non-hydrogen) atoms. The lowest BCUT2D eigenvalue weighted by Crippen LogP contribution is -2.08. The van der Waals surface area contributed by atoms with Crippen LogP contribution in [0.3, 0.4) is 0 Å². The van der Waals surface area contributed by atoms with Gasteiger partial charge < -0.3 is 0 Å². The predicted molar refractivity (Wildman–Crippen MR) is 67.6 cm³/mol. The van der Waals surface area contributed by atoms with Crippen molar-refractivity contribution >= 4 is 12.2 Å². The van der Waals surface area contributed by atoms with E-state index < -0.39 is 17.5 Å². The molecule has 0 radical (unpaired) electrons. The van der Waals surface area contributed by atoms with Gasteiger partial charge in [-0.2, -0.15) is 5.10 Å². The van der Waals surface area contributed by atoms with Gasteiger partial charge >= 0.3 is 0 Å². The van der Waals surface area contributed by atoms with Crippen molar-refractivity contribution in [1.29, 1.82) is 0 Å². The minimum absolute atomic E-state index is 0.0358. The summed E-state index contributed by atoms with van der Waals surface area (Å²) in [5.41, 5.74) is -0.380. The van der Waals surface area contributed by atoms with E-state index in [4.69, 9.17) is 12.2 Å². The van der Waals surface area contributed by atoms with Crippen LogP contribution in [0.5, 0.6) is 0 Å². The Labute approximate surface area is 113 Å². The molecule has 3 nitrogen and oxygen atoms in total. The predicted octanol–water partition coefficient (Wildman–Crippen LogP) is 3.68. The molecule has 0 aliphatic heterocycles. The lowest BCUT2D eigenvalue weighted by Gasteiger charge is -2.10. The monoisotopic (exact) mass is 287 g/mol. The molecule has 0 unspecified atom stereocenters. The van der Waals surface area contributed by atoms with E-state index >= 15 is 0 Å². The summed E-state index contributed by atoms with van der Waals surface area (Å²) in [5.74, 6) is -2.72. The lowest BCUT2D eigenvalue weighted by molar-refractivity contribution is 0.513. The molecule has 0 atom stereocenters. The van der Waals surface area contributed by atoms with E-state index in [1.807, 2.05) is 13.8 Å².